The highest BCUT2D eigenvalue weighted by molar-refractivity contribution is 7.15. The van der Waals surface area contributed by atoms with Crippen molar-refractivity contribution in [2.24, 2.45) is 0 Å². The van der Waals surface area contributed by atoms with Crippen molar-refractivity contribution in [1.29, 1.82) is 0 Å². The third-order valence-electron chi connectivity index (χ3n) is 3.95. The summed E-state index contributed by atoms with van der Waals surface area (Å²) in [6.45, 7) is 5.17. The van der Waals surface area contributed by atoms with E-state index in [1.54, 1.807) is 11.3 Å². The topological polar surface area (TPSA) is 65.7 Å². The molecule has 0 bridgehead atoms. The lowest BCUT2D eigenvalue weighted by molar-refractivity contribution is 0.277. The maximum Gasteiger partial charge on any atom is 0.291 e. The van der Waals surface area contributed by atoms with E-state index >= 15 is 0 Å². The Balaban J connectivity index is 1.71. The van der Waals surface area contributed by atoms with Crippen LogP contribution in [0.3, 0.4) is 0 Å². The Morgan fingerprint density at radius 3 is 2.79 bits per heavy atom. The molecule has 0 atom stereocenters. The summed E-state index contributed by atoms with van der Waals surface area (Å²) in [4.78, 5) is 18.8. The molecule has 0 fully saturated rings. The summed E-state index contributed by atoms with van der Waals surface area (Å²) in [5, 5.41) is 6.32. The SMILES string of the molecule is CCCOc1ccc(/C=c2/sc3nc(-c4cccs4)nn3c2=O)cc1OCC. The molecule has 4 rings (SSSR count). The van der Waals surface area contributed by atoms with Gasteiger partial charge in [0, 0.05) is 0 Å². The number of benzene rings is 1. The number of rotatable bonds is 7. The van der Waals surface area contributed by atoms with Crippen LogP contribution in [0.25, 0.3) is 21.7 Å². The van der Waals surface area contributed by atoms with E-state index in [2.05, 4.69) is 17.0 Å². The van der Waals surface area contributed by atoms with E-state index in [0.29, 0.717) is 40.0 Å². The largest absolute Gasteiger partial charge is 0.490 e. The first kappa shape index (κ1) is 18.6. The number of thiazole rings is 1. The van der Waals surface area contributed by atoms with Gasteiger partial charge in [-0.15, -0.1) is 16.4 Å². The molecule has 0 saturated heterocycles. The number of nitrogens with zero attached hydrogens (tertiary/aromatic N) is 3. The van der Waals surface area contributed by atoms with Gasteiger partial charge in [-0.3, -0.25) is 4.79 Å². The normalized spacial score (nSPS) is 12.0. The fraction of sp³-hybridized carbons (Fsp3) is 0.250. The van der Waals surface area contributed by atoms with E-state index in [-0.39, 0.29) is 5.56 Å². The van der Waals surface area contributed by atoms with Crippen molar-refractivity contribution < 1.29 is 9.47 Å². The average molecular weight is 414 g/mol. The van der Waals surface area contributed by atoms with Gasteiger partial charge in [0.25, 0.3) is 5.56 Å². The highest BCUT2D eigenvalue weighted by Gasteiger charge is 2.13. The van der Waals surface area contributed by atoms with Crippen LogP contribution >= 0.6 is 22.7 Å². The number of thiophene rings is 1. The smallest absolute Gasteiger partial charge is 0.291 e. The lowest BCUT2D eigenvalue weighted by Gasteiger charge is -2.11. The molecule has 0 aliphatic carbocycles. The summed E-state index contributed by atoms with van der Waals surface area (Å²) in [5.74, 6) is 1.98. The van der Waals surface area contributed by atoms with E-state index < -0.39 is 0 Å². The van der Waals surface area contributed by atoms with Crippen LogP contribution in [0, 0.1) is 0 Å². The average Bonchev–Trinajstić information content (AvgIpc) is 3.41. The van der Waals surface area contributed by atoms with Gasteiger partial charge < -0.3 is 9.47 Å². The monoisotopic (exact) mass is 413 g/mol. The van der Waals surface area contributed by atoms with Crippen LogP contribution < -0.4 is 19.6 Å². The molecule has 8 heteroatoms. The fourth-order valence-electron chi connectivity index (χ4n) is 2.71. The van der Waals surface area contributed by atoms with Crippen molar-refractivity contribution in [1.82, 2.24) is 14.6 Å². The zero-order chi connectivity index (χ0) is 19.5. The molecular formula is C20H19N3O3S2. The summed E-state index contributed by atoms with van der Waals surface area (Å²) >= 11 is 2.88. The molecule has 0 radical (unpaired) electrons. The van der Waals surface area contributed by atoms with Gasteiger partial charge in [-0.25, -0.2) is 0 Å². The minimum Gasteiger partial charge on any atom is -0.490 e. The van der Waals surface area contributed by atoms with Crippen LogP contribution in [0.2, 0.25) is 0 Å². The molecule has 1 aromatic carbocycles. The Labute approximate surface area is 169 Å². The molecule has 0 aliphatic rings. The first-order valence-electron chi connectivity index (χ1n) is 9.04. The number of fused-ring (bicyclic) bond motifs is 1. The standard InChI is InChI=1S/C20H19N3O3S2/c1-3-9-26-14-8-7-13(11-15(14)25-4-2)12-17-19(24)23-20(28-17)21-18(22-23)16-6-5-10-27-16/h5-8,10-12H,3-4,9H2,1-2H3/b17-12+. The molecule has 4 aromatic rings. The molecular weight excluding hydrogens is 394 g/mol. The van der Waals surface area contributed by atoms with Crippen LogP contribution in [-0.2, 0) is 0 Å². The van der Waals surface area contributed by atoms with Gasteiger partial charge in [-0.2, -0.15) is 9.50 Å². The van der Waals surface area contributed by atoms with Gasteiger partial charge in [0.2, 0.25) is 4.96 Å². The van der Waals surface area contributed by atoms with E-state index in [0.717, 1.165) is 16.9 Å². The van der Waals surface area contributed by atoms with Gasteiger partial charge in [0.05, 0.1) is 22.6 Å². The van der Waals surface area contributed by atoms with Crippen LogP contribution in [-0.4, -0.2) is 27.8 Å². The minimum atomic E-state index is -0.167. The third kappa shape index (κ3) is 3.65. The zero-order valence-corrected chi connectivity index (χ0v) is 17.2. The summed E-state index contributed by atoms with van der Waals surface area (Å²) in [5.41, 5.74) is 0.701. The first-order valence-corrected chi connectivity index (χ1v) is 10.7. The van der Waals surface area contributed by atoms with Crippen molar-refractivity contribution in [3.05, 3.63) is 56.2 Å². The van der Waals surface area contributed by atoms with E-state index in [1.165, 1.54) is 15.9 Å². The van der Waals surface area contributed by atoms with Gasteiger partial charge in [-0.1, -0.05) is 30.4 Å². The van der Waals surface area contributed by atoms with Crippen LogP contribution in [0.4, 0.5) is 0 Å². The molecule has 0 unspecified atom stereocenters. The van der Waals surface area contributed by atoms with Gasteiger partial charge in [0.15, 0.2) is 17.3 Å². The lowest BCUT2D eigenvalue weighted by Crippen LogP contribution is -2.23. The Bertz CT molecular complexity index is 1200. The van der Waals surface area contributed by atoms with Gasteiger partial charge >= 0.3 is 0 Å². The molecule has 144 valence electrons. The van der Waals surface area contributed by atoms with E-state index in [9.17, 15) is 4.79 Å². The second-order valence-corrected chi connectivity index (χ2v) is 7.97. The van der Waals surface area contributed by atoms with E-state index in [4.69, 9.17) is 9.47 Å². The van der Waals surface area contributed by atoms with Crippen molar-refractivity contribution in [2.75, 3.05) is 13.2 Å². The molecule has 3 aromatic heterocycles. The third-order valence-corrected chi connectivity index (χ3v) is 5.78. The van der Waals surface area contributed by atoms with Crippen molar-refractivity contribution in [3.63, 3.8) is 0 Å². The van der Waals surface area contributed by atoms with Crippen molar-refractivity contribution in [2.45, 2.75) is 20.3 Å². The predicted octanol–water partition coefficient (Wildman–Crippen LogP) is 3.61. The highest BCUT2D eigenvalue weighted by atomic mass is 32.1. The zero-order valence-electron chi connectivity index (χ0n) is 15.5. The fourth-order valence-corrected chi connectivity index (χ4v) is 4.27. The Morgan fingerprint density at radius 1 is 1.18 bits per heavy atom. The van der Waals surface area contributed by atoms with Crippen LogP contribution in [0.15, 0.2) is 40.5 Å². The molecule has 6 nitrogen and oxygen atoms in total. The van der Waals surface area contributed by atoms with Crippen molar-refractivity contribution >= 4 is 33.7 Å². The number of hydrogen-bond donors (Lipinski definition) is 0. The molecule has 0 spiro atoms. The molecule has 28 heavy (non-hydrogen) atoms. The minimum absolute atomic E-state index is 0.167. The lowest BCUT2D eigenvalue weighted by atomic mass is 10.2. The first-order chi connectivity index (χ1) is 13.7. The Hall–Kier alpha value is -2.71. The Kier molecular flexibility index (Phi) is 5.40. The van der Waals surface area contributed by atoms with E-state index in [1.807, 2.05) is 48.7 Å². The molecule has 0 amide bonds. The van der Waals surface area contributed by atoms with Crippen LogP contribution in [0.1, 0.15) is 25.8 Å². The Morgan fingerprint density at radius 2 is 2.07 bits per heavy atom. The molecule has 0 aliphatic heterocycles. The van der Waals surface area contributed by atoms with Gasteiger partial charge in [0.1, 0.15) is 0 Å². The summed E-state index contributed by atoms with van der Waals surface area (Å²) in [6, 6.07) is 9.57. The number of ether oxygens (including phenoxy) is 2. The molecule has 3 heterocycles. The maximum atomic E-state index is 12.7. The second kappa shape index (κ2) is 8.12. The van der Waals surface area contributed by atoms with Crippen LogP contribution in [0.5, 0.6) is 11.5 Å². The number of hydrogen-bond acceptors (Lipinski definition) is 7. The maximum absolute atomic E-state index is 12.7. The highest BCUT2D eigenvalue weighted by Crippen LogP contribution is 2.29. The van der Waals surface area contributed by atoms with Gasteiger partial charge in [-0.05, 0) is 48.6 Å². The molecule has 0 saturated carbocycles. The summed E-state index contributed by atoms with van der Waals surface area (Å²) in [6.07, 6.45) is 2.76. The summed E-state index contributed by atoms with van der Waals surface area (Å²) < 4.78 is 13.4. The number of aromatic nitrogens is 3. The van der Waals surface area contributed by atoms with Crippen molar-refractivity contribution in [3.8, 4) is 22.2 Å². The second-order valence-electron chi connectivity index (χ2n) is 6.01. The summed E-state index contributed by atoms with van der Waals surface area (Å²) in [7, 11) is 0. The predicted molar refractivity (Wildman–Crippen MR) is 113 cm³/mol. The molecule has 0 N–H and O–H groups in total. The quantitative estimate of drug-likeness (QED) is 0.463.